The third-order valence-corrected chi connectivity index (χ3v) is 7.61. The minimum atomic E-state index is -2.83. The Labute approximate surface area is 204 Å². The lowest BCUT2D eigenvalue weighted by Crippen LogP contribution is -2.65. The molecule has 3 aliphatic rings. The topological polar surface area (TPSA) is 188 Å². The Hall–Kier alpha value is -2.96. The van der Waals surface area contributed by atoms with Gasteiger partial charge in [0, 0.05) is 28.0 Å². The summed E-state index contributed by atoms with van der Waals surface area (Å²) in [6.45, 7) is 0.460. The summed E-state index contributed by atoms with van der Waals surface area (Å²) in [6.07, 6.45) is -0.284. The van der Waals surface area contributed by atoms with Gasteiger partial charge in [-0.05, 0) is 39.6 Å². The van der Waals surface area contributed by atoms with Crippen LogP contribution in [0.3, 0.4) is 0 Å². The van der Waals surface area contributed by atoms with Gasteiger partial charge in [-0.25, -0.2) is 0 Å². The monoisotopic (exact) mass is 508 g/mol. The zero-order valence-electron chi connectivity index (χ0n) is 19.0. The van der Waals surface area contributed by atoms with Crippen LogP contribution in [0.5, 0.6) is 5.75 Å². The van der Waals surface area contributed by atoms with Gasteiger partial charge in [0.25, 0.3) is 5.91 Å². The maximum absolute atomic E-state index is 13.5. The molecule has 4 rings (SSSR count). The van der Waals surface area contributed by atoms with Gasteiger partial charge in [-0.3, -0.25) is 19.3 Å². The van der Waals surface area contributed by atoms with Crippen molar-refractivity contribution in [2.45, 2.75) is 30.6 Å². The first-order valence-corrected chi connectivity index (χ1v) is 11.1. The van der Waals surface area contributed by atoms with Gasteiger partial charge in [-0.2, -0.15) is 0 Å². The van der Waals surface area contributed by atoms with E-state index < -0.39 is 81.7 Å². The number of hydrogen-bond acceptors (Lipinski definition) is 10. The largest absolute Gasteiger partial charge is 0.510 e. The number of carbonyl (C=O) groups excluding carboxylic acids is 3. The van der Waals surface area contributed by atoms with Crippen LogP contribution in [0.25, 0.3) is 0 Å². The van der Waals surface area contributed by atoms with Gasteiger partial charge >= 0.3 is 0 Å². The smallest absolute Gasteiger partial charge is 0.260 e. The van der Waals surface area contributed by atoms with Crippen molar-refractivity contribution in [3.63, 3.8) is 0 Å². The maximum Gasteiger partial charge on any atom is 0.260 e. The first kappa shape index (κ1) is 25.1. The van der Waals surface area contributed by atoms with Gasteiger partial charge in [-0.1, -0.05) is 11.6 Å². The molecule has 11 nitrogen and oxygen atoms in total. The number of aliphatic hydroxyl groups is 5. The van der Waals surface area contributed by atoms with Crippen molar-refractivity contribution in [3.8, 4) is 5.75 Å². The zero-order chi connectivity index (χ0) is 26.2. The number of phenols is 1. The summed E-state index contributed by atoms with van der Waals surface area (Å²) in [6, 6.07) is 1.24. The van der Waals surface area contributed by atoms with Gasteiger partial charge in [0.15, 0.2) is 11.4 Å². The first-order valence-electron chi connectivity index (χ1n) is 10.7. The fourth-order valence-electron chi connectivity index (χ4n) is 5.73. The molecular weight excluding hydrogens is 484 g/mol. The number of hydrogen-bond donors (Lipinski definition) is 7. The van der Waals surface area contributed by atoms with E-state index in [1.807, 2.05) is 5.32 Å². The van der Waals surface area contributed by atoms with Crippen molar-refractivity contribution in [3.05, 3.63) is 50.9 Å². The molecule has 1 aromatic rings. The van der Waals surface area contributed by atoms with Gasteiger partial charge in [0.2, 0.25) is 5.78 Å². The second-order valence-electron chi connectivity index (χ2n) is 9.38. The molecule has 0 unspecified atom stereocenters. The number of fused-ring (bicyclic) bond motifs is 3. The summed E-state index contributed by atoms with van der Waals surface area (Å²) in [5.74, 6) is -8.32. The van der Waals surface area contributed by atoms with Gasteiger partial charge in [0.05, 0.1) is 17.2 Å². The van der Waals surface area contributed by atoms with Crippen LogP contribution in [0.2, 0.25) is 5.02 Å². The summed E-state index contributed by atoms with van der Waals surface area (Å²) in [4.78, 5) is 40.8. The Kier molecular flexibility index (Phi) is 5.77. The van der Waals surface area contributed by atoms with Crippen LogP contribution in [-0.4, -0.2) is 85.5 Å². The molecule has 0 saturated carbocycles. The standard InChI is InChI=1S/C23H25ClN2O9/c1-22(34)8-6-9-16(26(2)3)18(30)14(21(33)25-7-27)20(32)23(9,35)19(31)12(8)17(29)13-11(28)5-4-10(24)15(13)22/h4-5,8-9,16,27-28,30-31,34-35H,6-7H2,1-3H3,(H,25,33)/t8-,9+,16-,22-,23-/m0/s1. The molecule has 0 aliphatic heterocycles. The van der Waals surface area contributed by atoms with E-state index >= 15 is 0 Å². The molecule has 0 spiro atoms. The predicted octanol–water partition coefficient (Wildman–Crippen LogP) is 0.0197. The summed E-state index contributed by atoms with van der Waals surface area (Å²) >= 11 is 6.28. The number of Topliss-reactive ketones (excluding diaryl/α,β-unsaturated/α-hetero) is 2. The number of nitrogens with one attached hydrogen (secondary N) is 1. The molecule has 5 atom stereocenters. The van der Waals surface area contributed by atoms with Crippen molar-refractivity contribution in [2.75, 3.05) is 20.8 Å². The Morgan fingerprint density at radius 1 is 1.20 bits per heavy atom. The second kappa shape index (κ2) is 8.04. The molecule has 0 bridgehead atoms. The zero-order valence-corrected chi connectivity index (χ0v) is 19.8. The van der Waals surface area contributed by atoms with Crippen molar-refractivity contribution >= 4 is 29.1 Å². The second-order valence-corrected chi connectivity index (χ2v) is 9.79. The molecule has 0 saturated heterocycles. The number of benzene rings is 1. The van der Waals surface area contributed by atoms with E-state index in [2.05, 4.69) is 0 Å². The van der Waals surface area contributed by atoms with Crippen LogP contribution in [0, 0.1) is 11.8 Å². The van der Waals surface area contributed by atoms with E-state index in [1.54, 1.807) is 0 Å². The van der Waals surface area contributed by atoms with Crippen molar-refractivity contribution in [1.82, 2.24) is 10.2 Å². The number of likely N-dealkylation sites (N-methyl/N-ethyl adjacent to an activating group) is 1. The fourth-order valence-corrected chi connectivity index (χ4v) is 6.08. The van der Waals surface area contributed by atoms with E-state index in [4.69, 9.17) is 16.7 Å². The van der Waals surface area contributed by atoms with Crippen LogP contribution in [0.1, 0.15) is 29.3 Å². The Bertz CT molecular complexity index is 1240. The molecule has 0 aromatic heterocycles. The third-order valence-electron chi connectivity index (χ3n) is 7.29. The van der Waals surface area contributed by atoms with Gasteiger partial charge in [-0.15, -0.1) is 0 Å². The van der Waals surface area contributed by atoms with Crippen LogP contribution >= 0.6 is 11.6 Å². The number of halogens is 1. The van der Waals surface area contributed by atoms with Crippen molar-refractivity contribution in [2.24, 2.45) is 11.8 Å². The van der Waals surface area contributed by atoms with E-state index in [0.29, 0.717) is 0 Å². The molecule has 12 heteroatoms. The summed E-state index contributed by atoms with van der Waals surface area (Å²) in [5, 5.41) is 66.8. The number of phenolic OH excluding ortho intramolecular Hbond substituents is 1. The summed E-state index contributed by atoms with van der Waals surface area (Å²) < 4.78 is 0. The highest BCUT2D eigenvalue weighted by molar-refractivity contribution is 6.33. The van der Waals surface area contributed by atoms with E-state index in [-0.39, 0.29) is 22.6 Å². The average Bonchev–Trinajstić information content (AvgIpc) is 2.76. The van der Waals surface area contributed by atoms with Crippen LogP contribution in [-0.2, 0) is 15.2 Å². The molecule has 7 N–H and O–H groups in total. The molecule has 0 fully saturated rings. The molecule has 1 aromatic carbocycles. The van der Waals surface area contributed by atoms with E-state index in [1.165, 1.54) is 32.0 Å². The van der Waals surface area contributed by atoms with Crippen LogP contribution < -0.4 is 5.32 Å². The number of nitrogens with zero attached hydrogens (tertiary/aromatic N) is 1. The minimum absolute atomic E-state index is 0.00916. The van der Waals surface area contributed by atoms with Crippen molar-refractivity contribution in [1.29, 1.82) is 0 Å². The molecule has 0 radical (unpaired) electrons. The lowest BCUT2D eigenvalue weighted by atomic mass is 9.55. The lowest BCUT2D eigenvalue weighted by molar-refractivity contribution is -0.152. The highest BCUT2D eigenvalue weighted by atomic mass is 35.5. The SMILES string of the molecule is CN(C)[C@@H]1C(O)=C(C(=O)NCO)C(=O)[C@@]2(O)C(O)=C3C(=O)c4c(O)ccc(Cl)c4[C@@](C)(O)[C@H]3C[C@H]12. The minimum Gasteiger partial charge on any atom is -0.510 e. The first-order chi connectivity index (χ1) is 16.2. The number of rotatable bonds is 3. The Morgan fingerprint density at radius 3 is 2.40 bits per heavy atom. The molecular formula is C23H25ClN2O9. The quantitative estimate of drug-likeness (QED) is 0.216. The lowest BCUT2D eigenvalue weighted by Gasteiger charge is -2.53. The molecule has 35 heavy (non-hydrogen) atoms. The molecule has 0 heterocycles. The van der Waals surface area contributed by atoms with E-state index in [0.717, 1.165) is 6.07 Å². The normalized spacial score (nSPS) is 32.4. The average molecular weight is 509 g/mol. The molecule has 1 amide bonds. The number of ketones is 2. The fraction of sp³-hybridized carbons (Fsp3) is 0.435. The Balaban J connectivity index is 2.03. The van der Waals surface area contributed by atoms with Gasteiger partial charge in [0.1, 0.15) is 29.6 Å². The number of amides is 1. The molecule has 188 valence electrons. The highest BCUT2D eigenvalue weighted by Gasteiger charge is 2.66. The van der Waals surface area contributed by atoms with Crippen molar-refractivity contribution < 1.29 is 45.0 Å². The van der Waals surface area contributed by atoms with Crippen LogP contribution in [0.15, 0.2) is 34.8 Å². The summed E-state index contributed by atoms with van der Waals surface area (Å²) in [5.41, 5.74) is -6.60. The van der Waals surface area contributed by atoms with Crippen LogP contribution in [0.4, 0.5) is 0 Å². The number of aromatic hydroxyl groups is 1. The number of carbonyl (C=O) groups is 3. The summed E-state index contributed by atoms with van der Waals surface area (Å²) in [7, 11) is 3.01. The third kappa shape index (κ3) is 3.16. The van der Waals surface area contributed by atoms with E-state index in [9.17, 15) is 39.9 Å². The highest BCUT2D eigenvalue weighted by Crippen LogP contribution is 2.57. The molecule has 3 aliphatic carbocycles. The maximum atomic E-state index is 13.5. The number of aliphatic hydroxyl groups excluding tert-OH is 3. The Morgan fingerprint density at radius 2 is 1.83 bits per heavy atom. The predicted molar refractivity (Wildman–Crippen MR) is 121 cm³/mol. The van der Waals surface area contributed by atoms with Gasteiger partial charge < -0.3 is 36.0 Å².